The van der Waals surface area contributed by atoms with Gasteiger partial charge < -0.3 is 9.80 Å². The van der Waals surface area contributed by atoms with E-state index in [1.54, 1.807) is 0 Å². The fraction of sp³-hybridized carbons (Fsp3) is 0.571. The molecule has 6 heteroatoms. The molecule has 0 radical (unpaired) electrons. The number of unbranched alkanes of at least 4 members (excludes halogenated alkanes) is 1. The van der Waals surface area contributed by atoms with Crippen molar-refractivity contribution in [1.29, 1.82) is 0 Å². The number of fused-ring (bicyclic) bond motifs is 1. The van der Waals surface area contributed by atoms with Crippen LogP contribution in [0.25, 0.3) is 0 Å². The Kier molecular flexibility index (Phi) is 8.43. The van der Waals surface area contributed by atoms with Crippen molar-refractivity contribution in [2.24, 2.45) is 5.92 Å². The van der Waals surface area contributed by atoms with Crippen LogP contribution >= 0.6 is 11.3 Å². The third-order valence-corrected chi connectivity index (χ3v) is 8.58. The van der Waals surface area contributed by atoms with Crippen molar-refractivity contribution in [3.8, 4) is 0 Å². The molecule has 1 saturated heterocycles. The molecule has 0 bridgehead atoms. The number of amides is 2. The van der Waals surface area contributed by atoms with Gasteiger partial charge in [0.25, 0.3) is 0 Å². The Morgan fingerprint density at radius 1 is 1.00 bits per heavy atom. The van der Waals surface area contributed by atoms with Gasteiger partial charge in [0.1, 0.15) is 0 Å². The highest BCUT2D eigenvalue weighted by molar-refractivity contribution is 7.10. The molecular weight excluding hydrogens is 442 g/mol. The molecule has 4 rings (SSSR count). The predicted octanol–water partition coefficient (Wildman–Crippen LogP) is 4.89. The zero-order chi connectivity index (χ0) is 24.1. The fourth-order valence-corrected chi connectivity index (χ4v) is 6.36. The van der Waals surface area contributed by atoms with E-state index in [2.05, 4.69) is 61.4 Å². The number of aryl methyl sites for hydroxylation is 1. The topological polar surface area (TPSA) is 43.9 Å². The van der Waals surface area contributed by atoms with Crippen molar-refractivity contribution in [3.63, 3.8) is 0 Å². The molecule has 2 aromatic rings. The second kappa shape index (κ2) is 11.5. The van der Waals surface area contributed by atoms with Crippen LogP contribution in [0.4, 0.5) is 0 Å². The number of piperazine rings is 1. The van der Waals surface area contributed by atoms with Crippen LogP contribution < -0.4 is 0 Å². The maximum absolute atomic E-state index is 13.4. The minimum absolute atomic E-state index is 0.130. The normalized spacial score (nSPS) is 19.7. The van der Waals surface area contributed by atoms with E-state index >= 15 is 0 Å². The molecule has 0 aliphatic carbocycles. The minimum Gasteiger partial charge on any atom is -0.339 e. The van der Waals surface area contributed by atoms with E-state index in [-0.39, 0.29) is 23.8 Å². The average Bonchev–Trinajstić information content (AvgIpc) is 3.34. The summed E-state index contributed by atoms with van der Waals surface area (Å²) in [5, 5.41) is 2.18. The Morgan fingerprint density at radius 3 is 2.44 bits per heavy atom. The Balaban J connectivity index is 1.40. The fourth-order valence-electron chi connectivity index (χ4n) is 5.46. The summed E-state index contributed by atoms with van der Waals surface area (Å²) in [6.07, 6.45) is 5.11. The Morgan fingerprint density at radius 2 is 1.74 bits per heavy atom. The lowest BCUT2D eigenvalue weighted by molar-refractivity contribution is -0.143. The monoisotopic (exact) mass is 481 g/mol. The van der Waals surface area contributed by atoms with E-state index < -0.39 is 0 Å². The first-order valence-corrected chi connectivity index (χ1v) is 13.8. The molecule has 184 valence electrons. The van der Waals surface area contributed by atoms with Gasteiger partial charge in [0, 0.05) is 43.5 Å². The quantitative estimate of drug-likeness (QED) is 0.539. The predicted molar refractivity (Wildman–Crippen MR) is 139 cm³/mol. The molecule has 0 saturated carbocycles. The van der Waals surface area contributed by atoms with Gasteiger partial charge in [0.2, 0.25) is 11.8 Å². The molecule has 34 heavy (non-hydrogen) atoms. The number of thiophene rings is 1. The summed E-state index contributed by atoms with van der Waals surface area (Å²) in [5.41, 5.74) is 3.92. The summed E-state index contributed by atoms with van der Waals surface area (Å²) >= 11 is 1.83. The van der Waals surface area contributed by atoms with Crippen LogP contribution in [0.2, 0.25) is 0 Å². The van der Waals surface area contributed by atoms with Gasteiger partial charge in [-0.15, -0.1) is 11.3 Å². The van der Waals surface area contributed by atoms with Crippen molar-refractivity contribution in [2.75, 3.05) is 39.3 Å². The second-order valence-electron chi connectivity index (χ2n) is 9.73. The van der Waals surface area contributed by atoms with Crippen molar-refractivity contribution in [3.05, 3.63) is 57.3 Å². The van der Waals surface area contributed by atoms with Gasteiger partial charge in [-0.05, 0) is 54.3 Å². The number of hydrogen-bond acceptors (Lipinski definition) is 4. The molecule has 2 atom stereocenters. The molecule has 0 unspecified atom stereocenters. The van der Waals surface area contributed by atoms with Gasteiger partial charge in [-0.3, -0.25) is 14.5 Å². The number of nitrogens with zero attached hydrogens (tertiary/aromatic N) is 3. The van der Waals surface area contributed by atoms with Gasteiger partial charge in [-0.25, -0.2) is 0 Å². The average molecular weight is 482 g/mol. The number of carbonyl (C=O) groups excluding carboxylic acids is 2. The zero-order valence-electron chi connectivity index (χ0n) is 21.0. The summed E-state index contributed by atoms with van der Waals surface area (Å²) in [6, 6.07) is 10.9. The second-order valence-corrected chi connectivity index (χ2v) is 10.7. The highest BCUT2D eigenvalue weighted by Gasteiger charge is 2.34. The van der Waals surface area contributed by atoms with E-state index in [1.165, 1.54) is 21.6 Å². The highest BCUT2D eigenvalue weighted by Crippen LogP contribution is 2.38. The third-order valence-electron chi connectivity index (χ3n) is 7.58. The molecule has 3 heterocycles. The van der Waals surface area contributed by atoms with Crippen molar-refractivity contribution in [2.45, 2.75) is 58.9 Å². The first kappa shape index (κ1) is 24.9. The molecule has 0 spiro atoms. The maximum Gasteiger partial charge on any atom is 0.236 e. The Hall–Kier alpha value is -2.18. The SMILES string of the molecule is CCCC[C@H](CC)C(=O)N1CCN(C(=O)CN2CCc3sccc3[C@H]2c2ccccc2C)CC1. The lowest BCUT2D eigenvalue weighted by Crippen LogP contribution is -2.54. The molecule has 1 aromatic carbocycles. The van der Waals surface area contributed by atoms with Gasteiger partial charge in [0.15, 0.2) is 0 Å². The van der Waals surface area contributed by atoms with E-state index in [9.17, 15) is 9.59 Å². The molecule has 2 aliphatic rings. The molecule has 5 nitrogen and oxygen atoms in total. The van der Waals surface area contributed by atoms with Crippen LogP contribution in [0.3, 0.4) is 0 Å². The summed E-state index contributed by atoms with van der Waals surface area (Å²) in [6.45, 7) is 10.4. The first-order chi connectivity index (χ1) is 16.5. The van der Waals surface area contributed by atoms with Crippen LogP contribution in [0.5, 0.6) is 0 Å². The van der Waals surface area contributed by atoms with Crippen molar-refractivity contribution < 1.29 is 9.59 Å². The highest BCUT2D eigenvalue weighted by atomic mass is 32.1. The third kappa shape index (κ3) is 5.38. The van der Waals surface area contributed by atoms with Crippen LogP contribution in [0.1, 0.15) is 67.1 Å². The van der Waals surface area contributed by atoms with Crippen LogP contribution in [-0.4, -0.2) is 65.8 Å². The smallest absolute Gasteiger partial charge is 0.236 e. The van der Waals surface area contributed by atoms with Gasteiger partial charge >= 0.3 is 0 Å². The summed E-state index contributed by atoms with van der Waals surface area (Å²) in [5.74, 6) is 0.594. The van der Waals surface area contributed by atoms with Gasteiger partial charge in [-0.2, -0.15) is 0 Å². The molecule has 2 amide bonds. The molecule has 2 aliphatic heterocycles. The van der Waals surface area contributed by atoms with Crippen molar-refractivity contribution >= 4 is 23.2 Å². The van der Waals surface area contributed by atoms with E-state index in [0.29, 0.717) is 32.7 Å². The van der Waals surface area contributed by atoms with Gasteiger partial charge in [-0.1, -0.05) is 51.0 Å². The molecule has 1 fully saturated rings. The zero-order valence-corrected chi connectivity index (χ0v) is 21.8. The summed E-state index contributed by atoms with van der Waals surface area (Å²) < 4.78 is 0. The lowest BCUT2D eigenvalue weighted by Gasteiger charge is -2.40. The first-order valence-electron chi connectivity index (χ1n) is 13.0. The van der Waals surface area contributed by atoms with Crippen LogP contribution in [0.15, 0.2) is 35.7 Å². The summed E-state index contributed by atoms with van der Waals surface area (Å²) in [7, 11) is 0. The molecule has 1 aromatic heterocycles. The van der Waals surface area contributed by atoms with E-state index in [4.69, 9.17) is 0 Å². The Bertz CT molecular complexity index is 980. The van der Waals surface area contributed by atoms with E-state index in [0.717, 1.165) is 38.6 Å². The molecular formula is C28H39N3O2S. The van der Waals surface area contributed by atoms with Crippen LogP contribution in [0, 0.1) is 12.8 Å². The minimum atomic E-state index is 0.130. The number of hydrogen-bond donors (Lipinski definition) is 0. The Labute approximate surface area is 208 Å². The van der Waals surface area contributed by atoms with Crippen LogP contribution in [-0.2, 0) is 16.0 Å². The lowest BCUT2D eigenvalue weighted by atomic mass is 9.90. The standard InChI is InChI=1S/C28H39N3O2S/c1-4-6-10-22(5-2)28(33)30-17-15-29(16-18-30)26(32)20-31-14-12-25-24(13-19-34-25)27(31)23-11-8-7-9-21(23)3/h7-9,11,13,19,22,27H,4-6,10,12,14-18,20H2,1-3H3/t22-,27+/m0/s1. The number of rotatable bonds is 8. The largest absolute Gasteiger partial charge is 0.339 e. The molecule has 0 N–H and O–H groups in total. The van der Waals surface area contributed by atoms with E-state index in [1.807, 2.05) is 21.1 Å². The number of carbonyl (C=O) groups is 2. The maximum atomic E-state index is 13.4. The van der Waals surface area contributed by atoms with Crippen molar-refractivity contribution in [1.82, 2.24) is 14.7 Å². The van der Waals surface area contributed by atoms with Gasteiger partial charge in [0.05, 0.1) is 12.6 Å². The summed E-state index contributed by atoms with van der Waals surface area (Å²) in [4.78, 5) is 34.1. The number of benzene rings is 1.